The average Bonchev–Trinajstić information content (AvgIpc) is 3.18. The highest BCUT2D eigenvalue weighted by atomic mass is 16.1. The van der Waals surface area contributed by atoms with Gasteiger partial charge in [0, 0.05) is 6.04 Å². The van der Waals surface area contributed by atoms with Crippen molar-refractivity contribution < 1.29 is 4.79 Å². The number of rotatable bonds is 3. The topological polar surface area (TPSA) is 55.1 Å². The van der Waals surface area contributed by atoms with E-state index in [1.807, 2.05) is 12.1 Å². The molecule has 0 bridgehead atoms. The largest absolute Gasteiger partial charge is 0.368 e. The molecule has 3 rings (SSSR count). The van der Waals surface area contributed by atoms with E-state index in [9.17, 15) is 4.79 Å². The number of benzene rings is 1. The molecule has 3 heteroatoms. The molecule has 0 heterocycles. The SMILES string of the molecule is NC(=O)C1(NC2CC2)CCCCc2ccccc21. The number of nitrogens with one attached hydrogen (secondary N) is 1. The Labute approximate surface area is 108 Å². The minimum absolute atomic E-state index is 0.219. The van der Waals surface area contributed by atoms with Gasteiger partial charge in [-0.3, -0.25) is 10.1 Å². The van der Waals surface area contributed by atoms with Crippen LogP contribution >= 0.6 is 0 Å². The molecule has 1 aromatic carbocycles. The van der Waals surface area contributed by atoms with E-state index in [0.29, 0.717) is 6.04 Å². The third kappa shape index (κ3) is 1.93. The van der Waals surface area contributed by atoms with Crippen molar-refractivity contribution in [2.75, 3.05) is 0 Å². The summed E-state index contributed by atoms with van der Waals surface area (Å²) in [7, 11) is 0. The van der Waals surface area contributed by atoms with Gasteiger partial charge in [0.15, 0.2) is 0 Å². The molecule has 3 N–H and O–H groups in total. The predicted octanol–water partition coefficient (Wildman–Crippen LogP) is 1.85. The molecular formula is C15H20N2O. The fraction of sp³-hybridized carbons (Fsp3) is 0.533. The van der Waals surface area contributed by atoms with Crippen LogP contribution in [0.15, 0.2) is 24.3 Å². The fourth-order valence-corrected chi connectivity index (χ4v) is 3.05. The number of hydrogen-bond donors (Lipinski definition) is 2. The standard InChI is InChI=1S/C15H20N2O/c16-14(18)15(17-12-8-9-12)10-4-3-6-11-5-1-2-7-13(11)15/h1-2,5,7,12,17H,3-4,6,8-10H2,(H2,16,18). The molecule has 18 heavy (non-hydrogen) atoms. The zero-order valence-electron chi connectivity index (χ0n) is 10.6. The smallest absolute Gasteiger partial charge is 0.242 e. The summed E-state index contributed by atoms with van der Waals surface area (Å²) in [6, 6.07) is 8.74. The van der Waals surface area contributed by atoms with E-state index >= 15 is 0 Å². The van der Waals surface area contributed by atoms with Gasteiger partial charge in [-0.1, -0.05) is 30.7 Å². The van der Waals surface area contributed by atoms with Crippen molar-refractivity contribution >= 4 is 5.91 Å². The molecule has 1 atom stereocenters. The molecule has 0 saturated heterocycles. The fourth-order valence-electron chi connectivity index (χ4n) is 3.05. The first kappa shape index (κ1) is 11.7. The zero-order valence-corrected chi connectivity index (χ0v) is 10.6. The van der Waals surface area contributed by atoms with E-state index in [1.54, 1.807) is 0 Å². The second-order valence-electron chi connectivity index (χ2n) is 5.55. The van der Waals surface area contributed by atoms with E-state index < -0.39 is 5.54 Å². The van der Waals surface area contributed by atoms with Crippen molar-refractivity contribution in [3.63, 3.8) is 0 Å². The number of hydrogen-bond acceptors (Lipinski definition) is 2. The molecule has 1 aromatic rings. The Morgan fingerprint density at radius 3 is 2.78 bits per heavy atom. The normalized spacial score (nSPS) is 27.3. The Kier molecular flexibility index (Phi) is 2.86. The van der Waals surface area contributed by atoms with Gasteiger partial charge in [0.05, 0.1) is 0 Å². The van der Waals surface area contributed by atoms with Crippen LogP contribution in [-0.2, 0) is 16.8 Å². The van der Waals surface area contributed by atoms with E-state index in [2.05, 4.69) is 17.4 Å². The van der Waals surface area contributed by atoms with Crippen molar-refractivity contribution in [1.82, 2.24) is 5.32 Å². The van der Waals surface area contributed by atoms with Gasteiger partial charge in [-0.2, -0.15) is 0 Å². The quantitative estimate of drug-likeness (QED) is 0.797. The van der Waals surface area contributed by atoms with Crippen LogP contribution in [0.25, 0.3) is 0 Å². The Morgan fingerprint density at radius 1 is 1.28 bits per heavy atom. The van der Waals surface area contributed by atoms with Crippen LogP contribution in [0.1, 0.15) is 43.2 Å². The highest BCUT2D eigenvalue weighted by Gasteiger charge is 2.44. The minimum atomic E-state index is -0.631. The van der Waals surface area contributed by atoms with Gasteiger partial charge in [0.1, 0.15) is 5.54 Å². The first-order valence-electron chi connectivity index (χ1n) is 6.88. The summed E-state index contributed by atoms with van der Waals surface area (Å²) in [5.41, 5.74) is 7.52. The second kappa shape index (κ2) is 4.39. The molecule has 0 aromatic heterocycles. The van der Waals surface area contributed by atoms with Crippen LogP contribution < -0.4 is 11.1 Å². The van der Waals surface area contributed by atoms with Crippen LogP contribution in [0.2, 0.25) is 0 Å². The van der Waals surface area contributed by atoms with Gasteiger partial charge in [-0.15, -0.1) is 0 Å². The lowest BCUT2D eigenvalue weighted by molar-refractivity contribution is -0.125. The molecule has 0 aliphatic heterocycles. The lowest BCUT2D eigenvalue weighted by atomic mass is 9.83. The summed E-state index contributed by atoms with van der Waals surface area (Å²) in [6.07, 6.45) is 6.40. The van der Waals surface area contributed by atoms with Crippen molar-refractivity contribution in [3.05, 3.63) is 35.4 Å². The van der Waals surface area contributed by atoms with Gasteiger partial charge in [0.2, 0.25) is 5.91 Å². The van der Waals surface area contributed by atoms with Crippen LogP contribution in [0, 0.1) is 0 Å². The number of aryl methyl sites for hydroxylation is 1. The Balaban J connectivity index is 2.08. The molecule has 0 spiro atoms. The van der Waals surface area contributed by atoms with Crippen molar-refractivity contribution in [1.29, 1.82) is 0 Å². The summed E-state index contributed by atoms with van der Waals surface area (Å²) < 4.78 is 0. The molecule has 1 fully saturated rings. The number of carbonyl (C=O) groups is 1. The second-order valence-corrected chi connectivity index (χ2v) is 5.55. The molecule has 96 valence electrons. The minimum Gasteiger partial charge on any atom is -0.368 e. The van der Waals surface area contributed by atoms with E-state index in [0.717, 1.165) is 44.1 Å². The summed E-state index contributed by atoms with van der Waals surface area (Å²) in [5, 5.41) is 3.53. The summed E-state index contributed by atoms with van der Waals surface area (Å²) in [6.45, 7) is 0. The van der Waals surface area contributed by atoms with Crippen LogP contribution in [0.4, 0.5) is 0 Å². The van der Waals surface area contributed by atoms with Crippen LogP contribution in [-0.4, -0.2) is 11.9 Å². The predicted molar refractivity (Wildman–Crippen MR) is 71.0 cm³/mol. The number of primary amides is 1. The first-order valence-corrected chi connectivity index (χ1v) is 6.88. The van der Waals surface area contributed by atoms with Crippen LogP contribution in [0.3, 0.4) is 0 Å². The monoisotopic (exact) mass is 244 g/mol. The van der Waals surface area contributed by atoms with E-state index in [1.165, 1.54) is 5.56 Å². The third-order valence-electron chi connectivity index (χ3n) is 4.17. The average molecular weight is 244 g/mol. The van der Waals surface area contributed by atoms with Gasteiger partial charge in [-0.25, -0.2) is 0 Å². The van der Waals surface area contributed by atoms with Gasteiger partial charge < -0.3 is 5.73 Å². The highest BCUT2D eigenvalue weighted by Crippen LogP contribution is 2.37. The Morgan fingerprint density at radius 2 is 2.06 bits per heavy atom. The molecule has 2 aliphatic rings. The molecule has 3 nitrogen and oxygen atoms in total. The molecule has 2 aliphatic carbocycles. The number of carbonyl (C=O) groups excluding carboxylic acids is 1. The number of amides is 1. The molecule has 0 radical (unpaired) electrons. The molecule has 1 unspecified atom stereocenters. The summed E-state index contributed by atoms with van der Waals surface area (Å²) in [5.74, 6) is -0.219. The van der Waals surface area contributed by atoms with Gasteiger partial charge >= 0.3 is 0 Å². The maximum atomic E-state index is 12.1. The van der Waals surface area contributed by atoms with E-state index in [4.69, 9.17) is 5.73 Å². The lowest BCUT2D eigenvalue weighted by Gasteiger charge is -2.32. The lowest BCUT2D eigenvalue weighted by Crippen LogP contribution is -2.53. The maximum Gasteiger partial charge on any atom is 0.242 e. The van der Waals surface area contributed by atoms with Crippen molar-refractivity contribution in [2.24, 2.45) is 5.73 Å². The first-order chi connectivity index (χ1) is 8.72. The maximum absolute atomic E-state index is 12.1. The third-order valence-corrected chi connectivity index (χ3v) is 4.17. The van der Waals surface area contributed by atoms with Crippen molar-refractivity contribution in [2.45, 2.75) is 50.1 Å². The Hall–Kier alpha value is -1.35. The summed E-state index contributed by atoms with van der Waals surface area (Å²) in [4.78, 5) is 12.1. The Bertz CT molecular complexity index is 467. The molecule has 1 saturated carbocycles. The van der Waals surface area contributed by atoms with E-state index in [-0.39, 0.29) is 5.91 Å². The molecule has 1 amide bonds. The van der Waals surface area contributed by atoms with Crippen molar-refractivity contribution in [3.8, 4) is 0 Å². The highest BCUT2D eigenvalue weighted by molar-refractivity contribution is 5.87. The zero-order chi connectivity index (χ0) is 12.6. The number of fused-ring (bicyclic) bond motifs is 1. The van der Waals surface area contributed by atoms with Gasteiger partial charge in [-0.05, 0) is 43.2 Å². The summed E-state index contributed by atoms with van der Waals surface area (Å²) >= 11 is 0. The molecular weight excluding hydrogens is 224 g/mol. The van der Waals surface area contributed by atoms with Gasteiger partial charge in [0.25, 0.3) is 0 Å². The number of nitrogens with two attached hydrogens (primary N) is 1. The van der Waals surface area contributed by atoms with Crippen LogP contribution in [0.5, 0.6) is 0 Å².